The first-order valence-corrected chi connectivity index (χ1v) is 7.95. The van der Waals surface area contributed by atoms with Gasteiger partial charge < -0.3 is 9.47 Å². The Balaban J connectivity index is 2.86. The van der Waals surface area contributed by atoms with Gasteiger partial charge in [-0.2, -0.15) is 0 Å². The molecule has 0 saturated carbocycles. The van der Waals surface area contributed by atoms with Crippen molar-refractivity contribution in [3.05, 3.63) is 23.8 Å². The minimum atomic E-state index is -0.489. The minimum absolute atomic E-state index is 0.423. The molecule has 0 saturated heterocycles. The number of halogens is 1. The van der Waals surface area contributed by atoms with Gasteiger partial charge in [0.25, 0.3) is 5.24 Å². The van der Waals surface area contributed by atoms with Crippen LogP contribution in [0.15, 0.2) is 18.2 Å². The van der Waals surface area contributed by atoms with Crippen LogP contribution in [0.2, 0.25) is 0 Å². The van der Waals surface area contributed by atoms with Crippen LogP contribution in [0, 0.1) is 11.8 Å². The van der Waals surface area contributed by atoms with Crippen LogP contribution in [0.4, 0.5) is 0 Å². The van der Waals surface area contributed by atoms with Gasteiger partial charge in [0.05, 0.1) is 13.2 Å². The Labute approximate surface area is 132 Å². The molecule has 0 aliphatic carbocycles. The predicted molar refractivity (Wildman–Crippen MR) is 86.5 cm³/mol. The molecular formula is C17H25ClO3. The smallest absolute Gasteiger partial charge is 0.252 e. The molecule has 0 heterocycles. The molecular weight excluding hydrogens is 288 g/mol. The van der Waals surface area contributed by atoms with E-state index in [4.69, 9.17) is 21.1 Å². The van der Waals surface area contributed by atoms with Gasteiger partial charge in [-0.1, -0.05) is 40.5 Å². The largest absolute Gasteiger partial charge is 0.489 e. The zero-order valence-corrected chi connectivity index (χ0v) is 14.1. The van der Waals surface area contributed by atoms with E-state index in [0.717, 1.165) is 12.8 Å². The van der Waals surface area contributed by atoms with E-state index >= 15 is 0 Å². The second kappa shape index (κ2) is 8.93. The highest BCUT2D eigenvalue weighted by molar-refractivity contribution is 6.67. The van der Waals surface area contributed by atoms with E-state index in [-0.39, 0.29) is 0 Å². The summed E-state index contributed by atoms with van der Waals surface area (Å²) in [5, 5.41) is -0.489. The lowest BCUT2D eigenvalue weighted by Crippen LogP contribution is -2.11. The van der Waals surface area contributed by atoms with Crippen molar-refractivity contribution >= 4 is 16.8 Å². The molecule has 1 rings (SSSR count). The normalized spacial score (nSPS) is 13.6. The third-order valence-corrected chi connectivity index (χ3v) is 3.83. The predicted octanol–water partition coefficient (Wildman–Crippen LogP) is 4.92. The Kier molecular flexibility index (Phi) is 7.58. The molecule has 0 amide bonds. The minimum Gasteiger partial charge on any atom is -0.489 e. The molecule has 0 aliphatic rings. The molecule has 4 heteroatoms. The molecule has 0 N–H and O–H groups in total. The first-order chi connectivity index (χ1) is 9.97. The highest BCUT2D eigenvalue weighted by Gasteiger charge is 2.12. The number of hydrogen-bond acceptors (Lipinski definition) is 3. The maximum Gasteiger partial charge on any atom is 0.252 e. The summed E-state index contributed by atoms with van der Waals surface area (Å²) >= 11 is 5.53. The topological polar surface area (TPSA) is 35.5 Å². The summed E-state index contributed by atoms with van der Waals surface area (Å²) in [6.45, 7) is 9.73. The molecule has 21 heavy (non-hydrogen) atoms. The van der Waals surface area contributed by atoms with Crippen LogP contribution in [0.1, 0.15) is 50.9 Å². The van der Waals surface area contributed by atoms with Gasteiger partial charge in [0, 0.05) is 5.56 Å². The maximum atomic E-state index is 11.3. The number of ether oxygens (including phenoxy) is 2. The zero-order valence-electron chi connectivity index (χ0n) is 13.3. The molecule has 3 nitrogen and oxygen atoms in total. The van der Waals surface area contributed by atoms with Crippen LogP contribution in [-0.4, -0.2) is 18.5 Å². The second-order valence-corrected chi connectivity index (χ2v) is 5.93. The molecule has 118 valence electrons. The van der Waals surface area contributed by atoms with Crippen molar-refractivity contribution in [2.24, 2.45) is 11.8 Å². The first kappa shape index (κ1) is 17.8. The van der Waals surface area contributed by atoms with Crippen molar-refractivity contribution in [3.8, 4) is 11.5 Å². The highest BCUT2D eigenvalue weighted by Crippen LogP contribution is 2.30. The fourth-order valence-electron chi connectivity index (χ4n) is 1.56. The van der Waals surface area contributed by atoms with E-state index in [1.165, 1.54) is 0 Å². The van der Waals surface area contributed by atoms with Crippen molar-refractivity contribution in [2.75, 3.05) is 13.2 Å². The monoisotopic (exact) mass is 312 g/mol. The lowest BCUT2D eigenvalue weighted by molar-refractivity contribution is 0.108. The summed E-state index contributed by atoms with van der Waals surface area (Å²) in [7, 11) is 0. The molecule has 1 aromatic rings. The van der Waals surface area contributed by atoms with Crippen LogP contribution in [-0.2, 0) is 0 Å². The van der Waals surface area contributed by atoms with Gasteiger partial charge in [-0.05, 0) is 41.6 Å². The summed E-state index contributed by atoms with van der Waals surface area (Å²) in [6.07, 6.45) is 2.10. The van der Waals surface area contributed by atoms with E-state index in [1.54, 1.807) is 18.2 Å². The van der Waals surface area contributed by atoms with Gasteiger partial charge in [-0.3, -0.25) is 4.79 Å². The van der Waals surface area contributed by atoms with E-state index in [2.05, 4.69) is 27.7 Å². The van der Waals surface area contributed by atoms with Crippen molar-refractivity contribution in [1.82, 2.24) is 0 Å². The van der Waals surface area contributed by atoms with Crippen LogP contribution in [0.5, 0.6) is 11.5 Å². The molecule has 0 fully saturated rings. The average molecular weight is 313 g/mol. The van der Waals surface area contributed by atoms with Crippen molar-refractivity contribution in [2.45, 2.75) is 40.5 Å². The van der Waals surface area contributed by atoms with Crippen molar-refractivity contribution in [1.29, 1.82) is 0 Å². The van der Waals surface area contributed by atoms with Gasteiger partial charge in [0.2, 0.25) is 0 Å². The van der Waals surface area contributed by atoms with E-state index < -0.39 is 5.24 Å². The van der Waals surface area contributed by atoms with E-state index in [0.29, 0.717) is 42.1 Å². The SMILES string of the molecule is CC[C@@H](C)COc1ccc(C(=O)Cl)cc1OC[C@H](C)CC. The molecule has 1 aromatic carbocycles. The number of carbonyl (C=O) groups excluding carboxylic acids is 1. The summed E-state index contributed by atoms with van der Waals surface area (Å²) in [6, 6.07) is 5.07. The molecule has 2 atom stereocenters. The average Bonchev–Trinajstić information content (AvgIpc) is 2.50. The van der Waals surface area contributed by atoms with Crippen LogP contribution in [0.25, 0.3) is 0 Å². The van der Waals surface area contributed by atoms with Gasteiger partial charge in [0.1, 0.15) is 0 Å². The van der Waals surface area contributed by atoms with Crippen molar-refractivity contribution in [3.63, 3.8) is 0 Å². The van der Waals surface area contributed by atoms with Crippen LogP contribution >= 0.6 is 11.6 Å². The maximum absolute atomic E-state index is 11.3. The van der Waals surface area contributed by atoms with Crippen LogP contribution in [0.3, 0.4) is 0 Å². The first-order valence-electron chi connectivity index (χ1n) is 7.57. The lowest BCUT2D eigenvalue weighted by atomic mass is 10.1. The Hall–Kier alpha value is -1.22. The van der Waals surface area contributed by atoms with E-state index in [9.17, 15) is 4.79 Å². The summed E-state index contributed by atoms with van der Waals surface area (Å²) in [5.74, 6) is 2.18. The highest BCUT2D eigenvalue weighted by atomic mass is 35.5. The Morgan fingerprint density at radius 1 is 1.05 bits per heavy atom. The number of rotatable bonds is 9. The number of benzene rings is 1. The quantitative estimate of drug-likeness (QED) is 0.607. The lowest BCUT2D eigenvalue weighted by Gasteiger charge is -2.17. The third-order valence-electron chi connectivity index (χ3n) is 3.61. The van der Waals surface area contributed by atoms with Gasteiger partial charge in [-0.25, -0.2) is 0 Å². The second-order valence-electron chi connectivity index (χ2n) is 5.58. The summed E-state index contributed by atoms with van der Waals surface area (Å²) in [5.41, 5.74) is 0.423. The molecule has 0 unspecified atom stereocenters. The zero-order chi connectivity index (χ0) is 15.8. The Morgan fingerprint density at radius 2 is 1.57 bits per heavy atom. The standard InChI is InChI=1S/C17H25ClO3/c1-5-12(3)10-20-15-8-7-14(17(18)19)9-16(15)21-11-13(4)6-2/h7-9,12-13H,5-6,10-11H2,1-4H3/t12-,13-/m1/s1. The summed E-state index contributed by atoms with van der Waals surface area (Å²) < 4.78 is 11.6. The fraction of sp³-hybridized carbons (Fsp3) is 0.588. The fourth-order valence-corrected chi connectivity index (χ4v) is 1.68. The molecule has 0 radical (unpaired) electrons. The third kappa shape index (κ3) is 5.96. The van der Waals surface area contributed by atoms with E-state index in [1.807, 2.05) is 0 Å². The van der Waals surface area contributed by atoms with Gasteiger partial charge in [0.15, 0.2) is 11.5 Å². The van der Waals surface area contributed by atoms with Crippen molar-refractivity contribution < 1.29 is 14.3 Å². The number of carbonyl (C=O) groups is 1. The molecule has 0 spiro atoms. The van der Waals surface area contributed by atoms with Gasteiger partial charge in [-0.15, -0.1) is 0 Å². The number of hydrogen-bond donors (Lipinski definition) is 0. The Bertz CT molecular complexity index is 459. The van der Waals surface area contributed by atoms with Gasteiger partial charge >= 0.3 is 0 Å². The molecule has 0 aliphatic heterocycles. The van der Waals surface area contributed by atoms with Crippen LogP contribution < -0.4 is 9.47 Å². The Morgan fingerprint density at radius 3 is 2.05 bits per heavy atom. The molecule has 0 aromatic heterocycles. The summed E-state index contributed by atoms with van der Waals surface area (Å²) in [4.78, 5) is 11.3. The molecule has 0 bridgehead atoms.